The van der Waals surface area contributed by atoms with Crippen molar-refractivity contribution in [2.45, 2.75) is 32.4 Å². The highest BCUT2D eigenvalue weighted by Crippen LogP contribution is 2.25. The Kier molecular flexibility index (Phi) is 4.93. The molecule has 0 saturated carbocycles. The zero-order chi connectivity index (χ0) is 17.1. The van der Waals surface area contributed by atoms with Crippen molar-refractivity contribution in [2.75, 3.05) is 18.5 Å². The summed E-state index contributed by atoms with van der Waals surface area (Å²) in [5.74, 6) is 0.127. The normalized spacial score (nSPS) is 18.0. The Hall–Kier alpha value is -2.23. The van der Waals surface area contributed by atoms with Gasteiger partial charge in [0.15, 0.2) is 0 Å². The minimum absolute atomic E-state index is 0.126. The van der Waals surface area contributed by atoms with Gasteiger partial charge in [-0.3, -0.25) is 9.69 Å². The Labute approximate surface area is 146 Å². The Morgan fingerprint density at radius 1 is 1.42 bits per heavy atom. The predicted molar refractivity (Wildman–Crippen MR) is 94.9 cm³/mol. The van der Waals surface area contributed by atoms with Crippen LogP contribution in [0.3, 0.4) is 0 Å². The van der Waals surface area contributed by atoms with Gasteiger partial charge in [-0.1, -0.05) is 0 Å². The van der Waals surface area contributed by atoms with Crippen LogP contribution in [-0.2, 0) is 11.3 Å². The first-order valence-corrected chi connectivity index (χ1v) is 8.89. The Morgan fingerprint density at radius 2 is 2.17 bits per heavy atom. The minimum atomic E-state index is -0.126. The molecule has 6 heteroatoms. The van der Waals surface area contributed by atoms with E-state index in [1.54, 1.807) is 23.5 Å². The fourth-order valence-electron chi connectivity index (χ4n) is 3.04. The maximum absolute atomic E-state index is 12.9. The highest BCUT2D eigenvalue weighted by Gasteiger charge is 2.32. The first kappa shape index (κ1) is 16.6. The molecule has 124 valence electrons. The summed E-state index contributed by atoms with van der Waals surface area (Å²) in [6.07, 6.45) is 1.84. The Balaban J connectivity index is 1.73. The van der Waals surface area contributed by atoms with Gasteiger partial charge < -0.3 is 4.90 Å². The number of likely N-dealkylation sites (N-methyl/N-ethyl adjacent to an activating group) is 1. The molecule has 2 heterocycles. The van der Waals surface area contributed by atoms with Crippen molar-refractivity contribution in [2.24, 2.45) is 0 Å². The average molecular weight is 340 g/mol. The van der Waals surface area contributed by atoms with Crippen molar-refractivity contribution in [3.63, 3.8) is 0 Å². The molecule has 24 heavy (non-hydrogen) atoms. The quantitative estimate of drug-likeness (QED) is 0.858. The van der Waals surface area contributed by atoms with Crippen molar-refractivity contribution >= 4 is 22.9 Å². The molecular formula is C18H20N4OS. The molecule has 2 aromatic rings. The van der Waals surface area contributed by atoms with Crippen LogP contribution < -0.4 is 4.90 Å². The van der Waals surface area contributed by atoms with Gasteiger partial charge in [-0.15, -0.1) is 11.3 Å². The van der Waals surface area contributed by atoms with Crippen LogP contribution in [0, 0.1) is 18.3 Å². The van der Waals surface area contributed by atoms with Crippen molar-refractivity contribution in [1.29, 1.82) is 5.26 Å². The van der Waals surface area contributed by atoms with Crippen molar-refractivity contribution in [3.8, 4) is 6.07 Å². The molecule has 1 atom stereocenters. The van der Waals surface area contributed by atoms with Gasteiger partial charge in [-0.25, -0.2) is 4.98 Å². The summed E-state index contributed by atoms with van der Waals surface area (Å²) in [7, 11) is 1.99. The lowest BCUT2D eigenvalue weighted by molar-refractivity contribution is -0.125. The summed E-state index contributed by atoms with van der Waals surface area (Å²) in [5.41, 5.74) is 2.50. The summed E-state index contributed by atoms with van der Waals surface area (Å²) in [6.45, 7) is 3.40. The van der Waals surface area contributed by atoms with Gasteiger partial charge in [0.1, 0.15) is 5.01 Å². The van der Waals surface area contributed by atoms with Gasteiger partial charge in [0.2, 0.25) is 5.91 Å². The number of hydrogen-bond donors (Lipinski definition) is 0. The summed E-state index contributed by atoms with van der Waals surface area (Å²) in [4.78, 5) is 21.3. The second kappa shape index (κ2) is 7.12. The summed E-state index contributed by atoms with van der Waals surface area (Å²) < 4.78 is 0. The maximum atomic E-state index is 12.9. The Morgan fingerprint density at radius 3 is 2.79 bits per heavy atom. The van der Waals surface area contributed by atoms with E-state index in [1.165, 1.54) is 0 Å². The lowest BCUT2D eigenvalue weighted by Gasteiger charge is -2.36. The second-order valence-corrected chi connectivity index (χ2v) is 7.05. The van der Waals surface area contributed by atoms with E-state index in [-0.39, 0.29) is 11.9 Å². The van der Waals surface area contributed by atoms with Gasteiger partial charge in [0.25, 0.3) is 0 Å². The number of amides is 1. The number of benzene rings is 1. The number of nitriles is 1. The van der Waals surface area contributed by atoms with Gasteiger partial charge in [-0.2, -0.15) is 5.26 Å². The molecule has 0 bridgehead atoms. The van der Waals surface area contributed by atoms with E-state index in [2.05, 4.69) is 16.0 Å². The van der Waals surface area contributed by atoms with Gasteiger partial charge in [-0.05, 0) is 51.1 Å². The van der Waals surface area contributed by atoms with E-state index in [0.29, 0.717) is 12.1 Å². The van der Waals surface area contributed by atoms with E-state index < -0.39 is 0 Å². The minimum Gasteiger partial charge on any atom is -0.311 e. The van der Waals surface area contributed by atoms with Crippen LogP contribution in [0.15, 0.2) is 29.6 Å². The van der Waals surface area contributed by atoms with Crippen molar-refractivity contribution in [3.05, 3.63) is 45.9 Å². The van der Waals surface area contributed by atoms with E-state index in [9.17, 15) is 4.79 Å². The van der Waals surface area contributed by atoms with Crippen LogP contribution in [0.4, 0.5) is 5.69 Å². The molecule has 1 aromatic heterocycles. The molecule has 5 nitrogen and oxygen atoms in total. The van der Waals surface area contributed by atoms with Crippen LogP contribution >= 0.6 is 11.3 Å². The largest absolute Gasteiger partial charge is 0.311 e. The van der Waals surface area contributed by atoms with Gasteiger partial charge in [0.05, 0.1) is 24.2 Å². The number of hydrogen-bond acceptors (Lipinski definition) is 5. The number of thiazole rings is 1. The highest BCUT2D eigenvalue weighted by molar-refractivity contribution is 7.09. The Bertz CT molecular complexity index is 762. The average Bonchev–Trinajstić information content (AvgIpc) is 3.00. The number of nitrogens with zero attached hydrogens (tertiary/aromatic N) is 4. The second-order valence-electron chi connectivity index (χ2n) is 6.10. The topological polar surface area (TPSA) is 60.2 Å². The number of carbonyl (C=O) groups excluding carboxylic acids is 1. The number of anilines is 1. The molecule has 0 aliphatic carbocycles. The molecule has 3 rings (SSSR count). The van der Waals surface area contributed by atoms with E-state index in [1.807, 2.05) is 36.4 Å². The standard InChI is InChI=1S/C18H20N4OS/c1-13-12-24-17(20-13)11-21(2)16-4-3-9-22(18(16)23)15-7-5-14(10-19)6-8-15/h5-8,12,16H,3-4,9,11H2,1-2H3. The fourth-order valence-corrected chi connectivity index (χ4v) is 3.87. The number of rotatable bonds is 4. The number of carbonyl (C=O) groups is 1. The molecule has 0 N–H and O–H groups in total. The third-order valence-corrected chi connectivity index (χ3v) is 5.25. The van der Waals surface area contributed by atoms with E-state index >= 15 is 0 Å². The zero-order valence-electron chi connectivity index (χ0n) is 13.9. The van der Waals surface area contributed by atoms with Gasteiger partial charge >= 0.3 is 0 Å². The first-order chi connectivity index (χ1) is 11.6. The van der Waals surface area contributed by atoms with Crippen LogP contribution in [-0.4, -0.2) is 35.4 Å². The molecule has 1 saturated heterocycles. The molecule has 1 amide bonds. The summed E-state index contributed by atoms with van der Waals surface area (Å²) in [5, 5.41) is 12.0. The molecule has 1 fully saturated rings. The number of aryl methyl sites for hydroxylation is 1. The maximum Gasteiger partial charge on any atom is 0.244 e. The van der Waals surface area contributed by atoms with Crippen LogP contribution in [0.2, 0.25) is 0 Å². The molecule has 1 unspecified atom stereocenters. The van der Waals surface area contributed by atoms with Crippen molar-refractivity contribution in [1.82, 2.24) is 9.88 Å². The SMILES string of the molecule is Cc1csc(CN(C)C2CCCN(c3ccc(C#N)cc3)C2=O)n1. The van der Waals surface area contributed by atoms with Crippen molar-refractivity contribution < 1.29 is 4.79 Å². The number of aromatic nitrogens is 1. The summed E-state index contributed by atoms with van der Waals surface area (Å²) in [6, 6.07) is 9.20. The molecule has 1 aliphatic rings. The molecular weight excluding hydrogens is 320 g/mol. The third kappa shape index (κ3) is 3.48. The fraction of sp³-hybridized carbons (Fsp3) is 0.389. The predicted octanol–water partition coefficient (Wildman–Crippen LogP) is 2.95. The van der Waals surface area contributed by atoms with Crippen LogP contribution in [0.5, 0.6) is 0 Å². The monoisotopic (exact) mass is 340 g/mol. The van der Waals surface area contributed by atoms with E-state index in [4.69, 9.17) is 5.26 Å². The van der Waals surface area contributed by atoms with E-state index in [0.717, 1.165) is 35.8 Å². The zero-order valence-corrected chi connectivity index (χ0v) is 14.7. The molecule has 0 spiro atoms. The third-order valence-electron chi connectivity index (χ3n) is 4.30. The summed E-state index contributed by atoms with van der Waals surface area (Å²) >= 11 is 1.64. The molecule has 1 aliphatic heterocycles. The van der Waals surface area contributed by atoms with Gasteiger partial charge in [0, 0.05) is 23.3 Å². The molecule has 0 radical (unpaired) electrons. The lowest BCUT2D eigenvalue weighted by Crippen LogP contribution is -2.51. The highest BCUT2D eigenvalue weighted by atomic mass is 32.1. The lowest BCUT2D eigenvalue weighted by atomic mass is 10.0. The van der Waals surface area contributed by atoms with Crippen LogP contribution in [0.25, 0.3) is 0 Å². The first-order valence-electron chi connectivity index (χ1n) is 8.01. The number of piperidine rings is 1. The molecule has 1 aromatic carbocycles. The smallest absolute Gasteiger partial charge is 0.244 e. The van der Waals surface area contributed by atoms with Crippen LogP contribution in [0.1, 0.15) is 29.1 Å².